The lowest BCUT2D eigenvalue weighted by Crippen LogP contribution is -2.20. The van der Waals surface area contributed by atoms with Gasteiger partial charge in [-0.15, -0.1) is 0 Å². The van der Waals surface area contributed by atoms with E-state index in [9.17, 15) is 9.59 Å². The summed E-state index contributed by atoms with van der Waals surface area (Å²) in [7, 11) is 0. The van der Waals surface area contributed by atoms with Crippen LogP contribution in [0.3, 0.4) is 0 Å². The van der Waals surface area contributed by atoms with Crippen molar-refractivity contribution < 1.29 is 9.21 Å². The highest BCUT2D eigenvalue weighted by Crippen LogP contribution is 2.14. The van der Waals surface area contributed by atoms with E-state index in [1.807, 2.05) is 25.1 Å². The van der Waals surface area contributed by atoms with Crippen molar-refractivity contribution in [1.29, 1.82) is 0 Å². The highest BCUT2D eigenvalue weighted by atomic mass is 35.5. The van der Waals surface area contributed by atoms with Crippen LogP contribution < -0.4 is 10.7 Å². The zero-order valence-electron chi connectivity index (χ0n) is 13.6. The lowest BCUT2D eigenvalue weighted by atomic mass is 10.1. The topological polar surface area (TPSA) is 59.3 Å². The third kappa shape index (κ3) is 4.17. The molecule has 0 bridgehead atoms. The third-order valence-corrected chi connectivity index (χ3v) is 4.00. The van der Waals surface area contributed by atoms with Gasteiger partial charge in [0.15, 0.2) is 5.43 Å². The minimum Gasteiger partial charge on any atom is -0.463 e. The van der Waals surface area contributed by atoms with E-state index in [1.165, 1.54) is 18.4 Å². The van der Waals surface area contributed by atoms with Crippen LogP contribution in [0.15, 0.2) is 64.0 Å². The Morgan fingerprint density at radius 2 is 1.96 bits per heavy atom. The standard InChI is InChI=1S/C20H16ClNO3/c1-13-2-8-18-17(10-13)20(24)15(12-25-18)5-9-19(23)22-11-14-3-6-16(21)7-4-14/h2-10,12H,11H2,1H3,(H,22,23)/b9-5+. The predicted octanol–water partition coefficient (Wildman–Crippen LogP) is 4.08. The van der Waals surface area contributed by atoms with E-state index in [0.29, 0.717) is 28.1 Å². The van der Waals surface area contributed by atoms with Gasteiger partial charge in [-0.1, -0.05) is 35.4 Å². The summed E-state index contributed by atoms with van der Waals surface area (Å²) in [4.78, 5) is 24.4. The second-order valence-electron chi connectivity index (χ2n) is 5.70. The molecule has 1 heterocycles. The fourth-order valence-electron chi connectivity index (χ4n) is 2.39. The molecule has 25 heavy (non-hydrogen) atoms. The number of nitrogens with one attached hydrogen (secondary N) is 1. The number of rotatable bonds is 4. The molecule has 0 aliphatic rings. The van der Waals surface area contributed by atoms with Gasteiger partial charge in [0, 0.05) is 17.6 Å². The van der Waals surface area contributed by atoms with Crippen molar-refractivity contribution in [2.75, 3.05) is 0 Å². The maximum Gasteiger partial charge on any atom is 0.244 e. The molecule has 1 aromatic heterocycles. The second kappa shape index (κ2) is 7.36. The molecule has 0 spiro atoms. The van der Waals surface area contributed by atoms with Crippen LogP contribution in [0.2, 0.25) is 5.02 Å². The second-order valence-corrected chi connectivity index (χ2v) is 6.13. The van der Waals surface area contributed by atoms with Crippen molar-refractivity contribution >= 4 is 34.6 Å². The fourth-order valence-corrected chi connectivity index (χ4v) is 2.52. The van der Waals surface area contributed by atoms with Gasteiger partial charge in [-0.05, 0) is 42.8 Å². The van der Waals surface area contributed by atoms with Crippen molar-refractivity contribution in [1.82, 2.24) is 5.32 Å². The number of carbonyl (C=O) groups is 1. The molecule has 0 fully saturated rings. The van der Waals surface area contributed by atoms with Gasteiger partial charge in [0.2, 0.25) is 5.91 Å². The number of amides is 1. The largest absolute Gasteiger partial charge is 0.463 e. The minimum absolute atomic E-state index is 0.160. The summed E-state index contributed by atoms with van der Waals surface area (Å²) in [5.41, 5.74) is 2.61. The van der Waals surface area contributed by atoms with Crippen molar-refractivity contribution in [3.63, 3.8) is 0 Å². The van der Waals surface area contributed by atoms with Crippen LogP contribution in [0.4, 0.5) is 0 Å². The number of hydrogen-bond donors (Lipinski definition) is 1. The number of halogens is 1. The molecule has 2 aromatic carbocycles. The molecule has 5 heteroatoms. The molecule has 4 nitrogen and oxygen atoms in total. The first-order chi connectivity index (χ1) is 12.0. The zero-order valence-corrected chi connectivity index (χ0v) is 14.3. The lowest BCUT2D eigenvalue weighted by molar-refractivity contribution is -0.116. The first kappa shape index (κ1) is 17.0. The van der Waals surface area contributed by atoms with E-state index < -0.39 is 0 Å². The smallest absolute Gasteiger partial charge is 0.244 e. The quantitative estimate of drug-likeness (QED) is 0.719. The predicted molar refractivity (Wildman–Crippen MR) is 99.6 cm³/mol. The van der Waals surface area contributed by atoms with Crippen LogP contribution in [0, 0.1) is 6.92 Å². The SMILES string of the molecule is Cc1ccc2occ(/C=C/C(=O)NCc3ccc(Cl)cc3)c(=O)c2c1. The van der Waals surface area contributed by atoms with Gasteiger partial charge in [-0.25, -0.2) is 0 Å². The fraction of sp³-hybridized carbons (Fsp3) is 0.100. The van der Waals surface area contributed by atoms with Crippen molar-refractivity contribution in [2.45, 2.75) is 13.5 Å². The minimum atomic E-state index is -0.293. The van der Waals surface area contributed by atoms with Gasteiger partial charge in [0.25, 0.3) is 0 Å². The average molecular weight is 354 g/mol. The molecule has 126 valence electrons. The maximum atomic E-state index is 12.4. The molecular weight excluding hydrogens is 338 g/mol. The van der Waals surface area contributed by atoms with Gasteiger partial charge in [-0.3, -0.25) is 9.59 Å². The summed E-state index contributed by atoms with van der Waals surface area (Å²) < 4.78 is 5.46. The van der Waals surface area contributed by atoms with Crippen LogP contribution in [-0.4, -0.2) is 5.91 Å². The lowest BCUT2D eigenvalue weighted by Gasteiger charge is -2.03. The molecule has 0 saturated carbocycles. The summed E-state index contributed by atoms with van der Waals surface area (Å²) in [6.45, 7) is 2.29. The van der Waals surface area contributed by atoms with E-state index >= 15 is 0 Å². The van der Waals surface area contributed by atoms with Gasteiger partial charge in [0.1, 0.15) is 11.8 Å². The Kier molecular flexibility index (Phi) is 5.00. The molecule has 0 aliphatic carbocycles. The summed E-state index contributed by atoms with van der Waals surface area (Å²) >= 11 is 5.82. The number of aryl methyl sites for hydroxylation is 1. The van der Waals surface area contributed by atoms with Crippen molar-refractivity contribution in [3.8, 4) is 0 Å². The molecule has 0 atom stereocenters. The first-order valence-corrected chi connectivity index (χ1v) is 8.13. The summed E-state index contributed by atoms with van der Waals surface area (Å²) in [6.07, 6.45) is 4.15. The zero-order chi connectivity index (χ0) is 17.8. The molecule has 0 saturated heterocycles. The Balaban J connectivity index is 1.71. The molecule has 1 amide bonds. The highest BCUT2D eigenvalue weighted by Gasteiger charge is 2.05. The van der Waals surface area contributed by atoms with Crippen molar-refractivity contribution in [2.24, 2.45) is 0 Å². The molecule has 1 N–H and O–H groups in total. The molecule has 0 aliphatic heterocycles. The highest BCUT2D eigenvalue weighted by molar-refractivity contribution is 6.30. The molecule has 3 rings (SSSR count). The number of benzene rings is 2. The van der Waals surface area contributed by atoms with Crippen LogP contribution >= 0.6 is 11.6 Å². The van der Waals surface area contributed by atoms with E-state index in [2.05, 4.69) is 5.32 Å². The number of hydrogen-bond acceptors (Lipinski definition) is 3. The van der Waals surface area contributed by atoms with E-state index in [1.54, 1.807) is 24.3 Å². The Hall–Kier alpha value is -2.85. The number of fused-ring (bicyclic) bond motifs is 1. The molecular formula is C20H16ClNO3. The normalized spacial score (nSPS) is 11.1. The van der Waals surface area contributed by atoms with Crippen LogP contribution in [0.1, 0.15) is 16.7 Å². The average Bonchev–Trinajstić information content (AvgIpc) is 2.61. The van der Waals surface area contributed by atoms with Crippen molar-refractivity contribution in [3.05, 3.63) is 86.7 Å². The molecule has 0 unspecified atom stereocenters. The Labute approximate surface area is 149 Å². The van der Waals surface area contributed by atoms with Crippen LogP contribution in [0.25, 0.3) is 17.0 Å². The Bertz CT molecular complexity index is 1000. The third-order valence-electron chi connectivity index (χ3n) is 3.75. The maximum absolute atomic E-state index is 12.4. The molecule has 0 radical (unpaired) electrons. The van der Waals surface area contributed by atoms with Crippen LogP contribution in [0.5, 0.6) is 0 Å². The molecule has 3 aromatic rings. The van der Waals surface area contributed by atoms with E-state index in [-0.39, 0.29) is 11.3 Å². The monoisotopic (exact) mass is 353 g/mol. The number of carbonyl (C=O) groups excluding carboxylic acids is 1. The Morgan fingerprint density at radius 1 is 1.20 bits per heavy atom. The Morgan fingerprint density at radius 3 is 2.72 bits per heavy atom. The summed E-state index contributed by atoms with van der Waals surface area (Å²) in [6, 6.07) is 12.6. The van der Waals surface area contributed by atoms with Gasteiger partial charge in [-0.2, -0.15) is 0 Å². The summed E-state index contributed by atoms with van der Waals surface area (Å²) in [5.74, 6) is -0.293. The van der Waals surface area contributed by atoms with E-state index in [4.69, 9.17) is 16.0 Å². The first-order valence-electron chi connectivity index (χ1n) is 7.75. The van der Waals surface area contributed by atoms with Gasteiger partial charge < -0.3 is 9.73 Å². The van der Waals surface area contributed by atoms with Gasteiger partial charge >= 0.3 is 0 Å². The van der Waals surface area contributed by atoms with Crippen LogP contribution in [-0.2, 0) is 11.3 Å². The van der Waals surface area contributed by atoms with E-state index in [0.717, 1.165) is 11.1 Å². The van der Waals surface area contributed by atoms with Gasteiger partial charge in [0.05, 0.1) is 10.9 Å². The summed E-state index contributed by atoms with van der Waals surface area (Å²) in [5, 5.41) is 3.90.